The molecule has 62 heavy (non-hydrogen) atoms. The van der Waals surface area contributed by atoms with Gasteiger partial charge in [0.15, 0.2) is 6.10 Å². The van der Waals surface area contributed by atoms with Gasteiger partial charge in [0.25, 0.3) is 0 Å². The molecule has 0 saturated heterocycles. The van der Waals surface area contributed by atoms with Gasteiger partial charge in [-0.1, -0.05) is 211 Å². The molecule has 0 amide bonds. The van der Waals surface area contributed by atoms with Gasteiger partial charge in [0.05, 0.1) is 27.7 Å². The minimum Gasteiger partial charge on any atom is -0.462 e. The number of phosphoric acid groups is 1. The third-order valence-electron chi connectivity index (χ3n) is 11.2. The number of allylic oxidation sites excluding steroid dienone is 6. The van der Waals surface area contributed by atoms with Crippen LogP contribution in [-0.2, 0) is 32.7 Å². The molecule has 0 fully saturated rings. The summed E-state index contributed by atoms with van der Waals surface area (Å²) in [6.07, 6.45) is 52.1. The van der Waals surface area contributed by atoms with Crippen LogP contribution in [-0.4, -0.2) is 74.9 Å². The van der Waals surface area contributed by atoms with Crippen LogP contribution in [0.2, 0.25) is 0 Å². The molecule has 0 aliphatic heterocycles. The van der Waals surface area contributed by atoms with Gasteiger partial charge in [-0.25, -0.2) is 4.57 Å². The lowest BCUT2D eigenvalue weighted by Gasteiger charge is -2.24. The van der Waals surface area contributed by atoms with Crippen LogP contribution in [0, 0.1) is 0 Å². The third-order valence-corrected chi connectivity index (χ3v) is 12.2. The smallest absolute Gasteiger partial charge is 0.462 e. The first-order valence-corrected chi connectivity index (χ1v) is 27.2. The summed E-state index contributed by atoms with van der Waals surface area (Å²) in [5.41, 5.74) is 0. The summed E-state index contributed by atoms with van der Waals surface area (Å²) in [4.78, 5) is 35.5. The highest BCUT2D eigenvalue weighted by Crippen LogP contribution is 2.43. The molecule has 0 aromatic heterocycles. The van der Waals surface area contributed by atoms with Crippen LogP contribution in [0.25, 0.3) is 0 Å². The van der Waals surface area contributed by atoms with Crippen LogP contribution < -0.4 is 0 Å². The summed E-state index contributed by atoms with van der Waals surface area (Å²) in [6.45, 7) is 4.39. The lowest BCUT2D eigenvalue weighted by molar-refractivity contribution is -0.870. The number of esters is 2. The number of rotatable bonds is 47. The normalized spacial score (nSPS) is 13.7. The van der Waals surface area contributed by atoms with E-state index in [4.69, 9.17) is 18.5 Å². The summed E-state index contributed by atoms with van der Waals surface area (Å²) < 4.78 is 34.4. The van der Waals surface area contributed by atoms with Crippen LogP contribution in [0.5, 0.6) is 0 Å². The van der Waals surface area contributed by atoms with E-state index in [1.807, 2.05) is 21.1 Å². The van der Waals surface area contributed by atoms with Gasteiger partial charge in [-0.15, -0.1) is 0 Å². The SMILES string of the molecule is CCCCCCCC/C=C\C/C=C\C/C=C\CCCC(=O)O[C@H](COC(=O)CCCCCCCCCCCCCCCCCCCCCCC)COP(=O)(O)OCC[N+](C)(C)C. The van der Waals surface area contributed by atoms with Gasteiger partial charge in [0, 0.05) is 12.8 Å². The Balaban J connectivity index is 4.28. The number of carbonyl (C=O) groups excluding carboxylic acids is 2. The van der Waals surface area contributed by atoms with E-state index in [9.17, 15) is 19.0 Å². The van der Waals surface area contributed by atoms with Gasteiger partial charge in [-0.3, -0.25) is 18.6 Å². The molecule has 1 unspecified atom stereocenters. The number of likely N-dealkylation sites (N-methyl/N-ethyl adjacent to an activating group) is 1. The fourth-order valence-electron chi connectivity index (χ4n) is 7.15. The third kappa shape index (κ3) is 47.7. The minimum atomic E-state index is -4.39. The van der Waals surface area contributed by atoms with Crippen molar-refractivity contribution in [1.29, 1.82) is 0 Å². The molecule has 0 spiro atoms. The largest absolute Gasteiger partial charge is 0.472 e. The minimum absolute atomic E-state index is 0.0237. The number of hydrogen-bond donors (Lipinski definition) is 1. The number of quaternary nitrogens is 1. The molecule has 0 aromatic rings. The second-order valence-corrected chi connectivity index (χ2v) is 20.0. The molecule has 0 aromatic carbocycles. The van der Waals surface area contributed by atoms with Crippen LogP contribution in [0.1, 0.15) is 232 Å². The molecule has 0 aliphatic rings. The maximum Gasteiger partial charge on any atom is 0.472 e. The molecule has 0 saturated carbocycles. The Bertz CT molecular complexity index is 1150. The van der Waals surface area contributed by atoms with E-state index in [2.05, 4.69) is 50.3 Å². The van der Waals surface area contributed by atoms with Gasteiger partial charge in [0.2, 0.25) is 0 Å². The average Bonchev–Trinajstić information content (AvgIpc) is 3.23. The van der Waals surface area contributed by atoms with Gasteiger partial charge in [-0.2, -0.15) is 0 Å². The second kappa shape index (κ2) is 44.4. The molecular formula is C52H99NO8P+. The first-order chi connectivity index (χ1) is 30.0. The van der Waals surface area contributed by atoms with Crippen LogP contribution >= 0.6 is 7.82 Å². The quantitative estimate of drug-likeness (QED) is 0.0212. The molecular weight excluding hydrogens is 798 g/mol. The Kier molecular flexibility index (Phi) is 43.2. The zero-order valence-electron chi connectivity index (χ0n) is 41.1. The molecule has 364 valence electrons. The number of ether oxygens (including phenoxy) is 2. The fraction of sp³-hybridized carbons (Fsp3) is 0.846. The van der Waals surface area contributed by atoms with Crippen LogP contribution in [0.4, 0.5) is 0 Å². The monoisotopic (exact) mass is 897 g/mol. The molecule has 10 heteroatoms. The Morgan fingerprint density at radius 3 is 1.34 bits per heavy atom. The molecule has 2 atom stereocenters. The summed E-state index contributed by atoms with van der Waals surface area (Å²) in [7, 11) is 1.45. The highest BCUT2D eigenvalue weighted by atomic mass is 31.2. The van der Waals surface area contributed by atoms with Gasteiger partial charge >= 0.3 is 19.8 Å². The average molecular weight is 897 g/mol. The number of unbranched alkanes of at least 4 members (excludes halogenated alkanes) is 27. The van der Waals surface area contributed by atoms with Crippen molar-refractivity contribution >= 4 is 19.8 Å². The van der Waals surface area contributed by atoms with E-state index in [0.29, 0.717) is 17.4 Å². The molecule has 9 nitrogen and oxygen atoms in total. The van der Waals surface area contributed by atoms with Crippen molar-refractivity contribution in [3.63, 3.8) is 0 Å². The van der Waals surface area contributed by atoms with Gasteiger partial charge in [0.1, 0.15) is 19.8 Å². The van der Waals surface area contributed by atoms with E-state index >= 15 is 0 Å². The molecule has 1 N–H and O–H groups in total. The predicted octanol–water partition coefficient (Wildman–Crippen LogP) is 15.3. The number of nitrogens with zero attached hydrogens (tertiary/aromatic N) is 1. The second-order valence-electron chi connectivity index (χ2n) is 18.6. The molecule has 0 heterocycles. The zero-order chi connectivity index (χ0) is 45.7. The van der Waals surface area contributed by atoms with Crippen LogP contribution in [0.3, 0.4) is 0 Å². The van der Waals surface area contributed by atoms with Crippen molar-refractivity contribution in [3.8, 4) is 0 Å². The van der Waals surface area contributed by atoms with Crippen molar-refractivity contribution in [2.75, 3.05) is 47.5 Å². The Labute approximate surface area is 382 Å². The number of carbonyl (C=O) groups is 2. The van der Waals surface area contributed by atoms with Crippen molar-refractivity contribution in [1.82, 2.24) is 0 Å². The number of hydrogen-bond acceptors (Lipinski definition) is 7. The van der Waals surface area contributed by atoms with Crippen molar-refractivity contribution in [3.05, 3.63) is 36.5 Å². The fourth-order valence-corrected chi connectivity index (χ4v) is 7.89. The predicted molar refractivity (Wildman–Crippen MR) is 261 cm³/mol. The summed E-state index contributed by atoms with van der Waals surface area (Å²) >= 11 is 0. The van der Waals surface area contributed by atoms with E-state index in [1.54, 1.807) is 0 Å². The lowest BCUT2D eigenvalue weighted by Crippen LogP contribution is -2.37. The van der Waals surface area contributed by atoms with Gasteiger partial charge < -0.3 is 18.9 Å². The number of phosphoric ester groups is 1. The van der Waals surface area contributed by atoms with Crippen LogP contribution in [0.15, 0.2) is 36.5 Å². The van der Waals surface area contributed by atoms with Crippen molar-refractivity contribution in [2.24, 2.45) is 0 Å². The zero-order valence-corrected chi connectivity index (χ0v) is 42.0. The van der Waals surface area contributed by atoms with E-state index in [1.165, 1.54) is 154 Å². The lowest BCUT2D eigenvalue weighted by atomic mass is 10.0. The van der Waals surface area contributed by atoms with Crippen molar-refractivity contribution < 1.29 is 42.1 Å². The Hall–Kier alpha value is -1.77. The highest BCUT2D eigenvalue weighted by molar-refractivity contribution is 7.47. The highest BCUT2D eigenvalue weighted by Gasteiger charge is 2.27. The maximum atomic E-state index is 12.7. The Morgan fingerprint density at radius 2 is 0.887 bits per heavy atom. The van der Waals surface area contributed by atoms with E-state index in [-0.39, 0.29) is 32.0 Å². The molecule has 0 rings (SSSR count). The summed E-state index contributed by atoms with van der Waals surface area (Å²) in [6, 6.07) is 0. The maximum absolute atomic E-state index is 12.7. The topological polar surface area (TPSA) is 108 Å². The first-order valence-electron chi connectivity index (χ1n) is 25.7. The summed E-state index contributed by atoms with van der Waals surface area (Å²) in [5.74, 6) is -0.850. The molecule has 0 radical (unpaired) electrons. The van der Waals surface area contributed by atoms with Gasteiger partial charge in [-0.05, 0) is 44.9 Å². The first kappa shape index (κ1) is 60.2. The standard InChI is InChI=1S/C52H98NO8P/c1-6-8-10-12-14-16-18-20-22-24-25-26-27-29-30-32-34-36-38-40-42-44-51(54)58-48-50(49-60-62(56,57)59-47-46-53(3,4)5)61-52(55)45-43-41-39-37-35-33-31-28-23-21-19-17-15-13-11-9-7-2/h21,23,31,33,37,39,50H,6-20,22,24-30,32,34-36,38,40-49H2,1-5H3/p+1/b23-21-,33-31-,39-37-/t50-/m1/s1. The van der Waals surface area contributed by atoms with E-state index < -0.39 is 26.5 Å². The summed E-state index contributed by atoms with van der Waals surface area (Å²) in [5, 5.41) is 0. The Morgan fingerprint density at radius 1 is 0.500 bits per heavy atom. The van der Waals surface area contributed by atoms with Crippen molar-refractivity contribution in [2.45, 2.75) is 238 Å². The molecule has 0 aliphatic carbocycles. The molecule has 0 bridgehead atoms. The van der Waals surface area contributed by atoms with E-state index in [0.717, 1.165) is 44.9 Å².